The minimum absolute atomic E-state index is 0.0581. The first-order valence-electron chi connectivity index (χ1n) is 6.97. The zero-order valence-corrected chi connectivity index (χ0v) is 12.9. The molecule has 0 radical (unpaired) electrons. The Hall–Kier alpha value is -1.31. The Morgan fingerprint density at radius 1 is 1.26 bits per heavy atom. The van der Waals surface area contributed by atoms with E-state index in [1.807, 2.05) is 6.07 Å². The maximum absolute atomic E-state index is 11.3. The van der Waals surface area contributed by atoms with Gasteiger partial charge >= 0.3 is 5.97 Å². The molecule has 1 aliphatic carbocycles. The summed E-state index contributed by atoms with van der Waals surface area (Å²) in [6.07, 6.45) is 2.11. The van der Waals surface area contributed by atoms with E-state index in [1.165, 1.54) is 23.6 Å². The zero-order valence-electron chi connectivity index (χ0n) is 12.9. The minimum Gasteiger partial charge on any atom is -0.426 e. The van der Waals surface area contributed by atoms with Crippen molar-refractivity contribution in [3.63, 3.8) is 0 Å². The van der Waals surface area contributed by atoms with Gasteiger partial charge < -0.3 is 4.74 Å². The number of ether oxygens (including phenoxy) is 1. The van der Waals surface area contributed by atoms with Crippen molar-refractivity contribution >= 4 is 5.97 Å². The van der Waals surface area contributed by atoms with Crippen molar-refractivity contribution in [2.45, 2.75) is 65.2 Å². The quantitative estimate of drug-likeness (QED) is 0.560. The summed E-state index contributed by atoms with van der Waals surface area (Å²) < 4.78 is 5.45. The third kappa shape index (κ3) is 2.68. The molecule has 0 fully saturated rings. The molecule has 0 heterocycles. The van der Waals surface area contributed by atoms with Crippen molar-refractivity contribution in [1.82, 2.24) is 0 Å². The van der Waals surface area contributed by atoms with Crippen LogP contribution in [0.25, 0.3) is 0 Å². The summed E-state index contributed by atoms with van der Waals surface area (Å²) in [7, 11) is 0. The van der Waals surface area contributed by atoms with E-state index in [4.69, 9.17) is 4.74 Å². The van der Waals surface area contributed by atoms with Gasteiger partial charge in [0.2, 0.25) is 0 Å². The van der Waals surface area contributed by atoms with Gasteiger partial charge in [-0.15, -0.1) is 0 Å². The molecule has 0 amide bonds. The van der Waals surface area contributed by atoms with E-state index < -0.39 is 0 Å². The summed E-state index contributed by atoms with van der Waals surface area (Å²) in [5.41, 5.74) is 4.02. The third-order valence-electron chi connectivity index (χ3n) is 4.06. The highest BCUT2D eigenvalue weighted by Gasteiger charge is 2.34. The lowest BCUT2D eigenvalue weighted by atomic mass is 9.80. The fourth-order valence-corrected chi connectivity index (χ4v) is 2.76. The van der Waals surface area contributed by atoms with Gasteiger partial charge in [0.15, 0.2) is 0 Å². The zero-order chi connectivity index (χ0) is 14.4. The predicted molar refractivity (Wildman–Crippen MR) is 77.8 cm³/mol. The van der Waals surface area contributed by atoms with E-state index in [1.54, 1.807) is 0 Å². The number of carbonyl (C=O) groups excluding carboxylic acids is 1. The van der Waals surface area contributed by atoms with Crippen LogP contribution in [0.4, 0.5) is 0 Å². The third-order valence-corrected chi connectivity index (χ3v) is 4.06. The first-order chi connectivity index (χ1) is 8.61. The number of rotatable bonds is 1. The van der Waals surface area contributed by atoms with Crippen molar-refractivity contribution in [3.8, 4) is 5.75 Å². The van der Waals surface area contributed by atoms with Gasteiger partial charge in [-0.1, -0.05) is 40.7 Å². The molecule has 0 bridgehead atoms. The number of benzene rings is 1. The van der Waals surface area contributed by atoms with Gasteiger partial charge in [-0.05, 0) is 46.4 Å². The highest BCUT2D eigenvalue weighted by atomic mass is 16.5. The molecular weight excluding hydrogens is 236 g/mol. The lowest BCUT2D eigenvalue weighted by molar-refractivity contribution is -0.131. The molecule has 104 valence electrons. The SMILES string of the molecule is CC(=O)Oc1cc(C(C)(C)C)cc2c1CCC2(C)C. The molecule has 0 saturated carbocycles. The van der Waals surface area contributed by atoms with Gasteiger partial charge in [0.25, 0.3) is 0 Å². The van der Waals surface area contributed by atoms with Crippen LogP contribution in [0.3, 0.4) is 0 Å². The standard InChI is InChI=1S/C17H24O2/c1-11(18)19-15-10-12(16(2,3)4)9-14-13(15)7-8-17(14,5)6/h9-10H,7-8H2,1-6H3. The summed E-state index contributed by atoms with van der Waals surface area (Å²) in [6.45, 7) is 12.6. The van der Waals surface area contributed by atoms with E-state index in [0.717, 1.165) is 18.6 Å². The van der Waals surface area contributed by atoms with Crippen LogP contribution in [0.1, 0.15) is 64.7 Å². The van der Waals surface area contributed by atoms with Crippen LogP contribution >= 0.6 is 0 Å². The molecule has 19 heavy (non-hydrogen) atoms. The monoisotopic (exact) mass is 260 g/mol. The Balaban J connectivity index is 2.61. The van der Waals surface area contributed by atoms with Gasteiger partial charge in [0.1, 0.15) is 5.75 Å². The molecule has 2 rings (SSSR count). The van der Waals surface area contributed by atoms with E-state index in [-0.39, 0.29) is 16.8 Å². The second kappa shape index (κ2) is 4.36. The van der Waals surface area contributed by atoms with Crippen molar-refractivity contribution in [3.05, 3.63) is 28.8 Å². The van der Waals surface area contributed by atoms with E-state index in [0.29, 0.717) is 0 Å². The number of hydrogen-bond donors (Lipinski definition) is 0. The molecule has 2 heteroatoms. The van der Waals surface area contributed by atoms with Crippen molar-refractivity contribution in [1.29, 1.82) is 0 Å². The summed E-state index contributed by atoms with van der Waals surface area (Å²) >= 11 is 0. The lowest BCUT2D eigenvalue weighted by Crippen LogP contribution is -2.17. The topological polar surface area (TPSA) is 26.3 Å². The van der Waals surface area contributed by atoms with Crippen LogP contribution in [0.15, 0.2) is 12.1 Å². The molecule has 0 spiro atoms. The molecular formula is C17H24O2. The van der Waals surface area contributed by atoms with Gasteiger partial charge in [-0.2, -0.15) is 0 Å². The highest BCUT2D eigenvalue weighted by molar-refractivity contribution is 5.70. The van der Waals surface area contributed by atoms with Gasteiger partial charge in [-0.3, -0.25) is 4.79 Å². The van der Waals surface area contributed by atoms with Gasteiger partial charge in [-0.25, -0.2) is 0 Å². The molecule has 1 aromatic rings. The first-order valence-corrected chi connectivity index (χ1v) is 6.97. The van der Waals surface area contributed by atoms with Crippen molar-refractivity contribution < 1.29 is 9.53 Å². The highest BCUT2D eigenvalue weighted by Crippen LogP contribution is 2.44. The fraction of sp³-hybridized carbons (Fsp3) is 0.588. The molecule has 0 N–H and O–H groups in total. The summed E-state index contributed by atoms with van der Waals surface area (Å²) in [6, 6.07) is 4.34. The number of esters is 1. The second-order valence-electron chi connectivity index (χ2n) is 7.23. The Labute approximate surface area is 116 Å². The number of hydrogen-bond acceptors (Lipinski definition) is 2. The molecule has 0 unspecified atom stereocenters. The average molecular weight is 260 g/mol. The van der Waals surface area contributed by atoms with E-state index >= 15 is 0 Å². The van der Waals surface area contributed by atoms with Gasteiger partial charge in [0, 0.05) is 6.92 Å². The predicted octanol–water partition coefficient (Wildman–Crippen LogP) is 4.13. The molecule has 2 nitrogen and oxygen atoms in total. The maximum Gasteiger partial charge on any atom is 0.308 e. The van der Waals surface area contributed by atoms with Crippen LogP contribution in [0, 0.1) is 0 Å². The smallest absolute Gasteiger partial charge is 0.308 e. The van der Waals surface area contributed by atoms with Crippen molar-refractivity contribution in [2.75, 3.05) is 0 Å². The average Bonchev–Trinajstić information content (AvgIpc) is 2.53. The Morgan fingerprint density at radius 3 is 2.42 bits per heavy atom. The van der Waals surface area contributed by atoms with Crippen LogP contribution in [-0.2, 0) is 22.0 Å². The Morgan fingerprint density at radius 2 is 1.89 bits per heavy atom. The van der Waals surface area contributed by atoms with Crippen molar-refractivity contribution in [2.24, 2.45) is 0 Å². The molecule has 0 aliphatic heterocycles. The molecule has 1 aliphatic rings. The largest absolute Gasteiger partial charge is 0.426 e. The van der Waals surface area contributed by atoms with E-state index in [2.05, 4.69) is 40.7 Å². The maximum atomic E-state index is 11.3. The molecule has 0 atom stereocenters. The summed E-state index contributed by atoms with van der Waals surface area (Å²) in [5, 5.41) is 0. The number of carbonyl (C=O) groups is 1. The molecule has 1 aromatic carbocycles. The normalized spacial score (nSPS) is 17.2. The van der Waals surface area contributed by atoms with Crippen LogP contribution < -0.4 is 4.74 Å². The van der Waals surface area contributed by atoms with Gasteiger partial charge in [0.05, 0.1) is 0 Å². The first kappa shape index (κ1) is 14.1. The Bertz CT molecular complexity index is 519. The second-order valence-corrected chi connectivity index (χ2v) is 7.23. The number of fused-ring (bicyclic) bond motifs is 1. The Kier molecular flexibility index (Phi) is 3.24. The lowest BCUT2D eigenvalue weighted by Gasteiger charge is -2.25. The van der Waals surface area contributed by atoms with E-state index in [9.17, 15) is 4.79 Å². The van der Waals surface area contributed by atoms with Crippen LogP contribution in [-0.4, -0.2) is 5.97 Å². The van der Waals surface area contributed by atoms with Crippen LogP contribution in [0.2, 0.25) is 0 Å². The van der Waals surface area contributed by atoms with Crippen LogP contribution in [0.5, 0.6) is 5.75 Å². The molecule has 0 saturated heterocycles. The molecule has 0 aromatic heterocycles. The summed E-state index contributed by atoms with van der Waals surface area (Å²) in [5.74, 6) is 0.526. The fourth-order valence-electron chi connectivity index (χ4n) is 2.76. The minimum atomic E-state index is -0.238. The summed E-state index contributed by atoms with van der Waals surface area (Å²) in [4.78, 5) is 11.3.